The van der Waals surface area contributed by atoms with Crippen molar-refractivity contribution < 1.29 is 19.0 Å². The Bertz CT molecular complexity index is 978. The summed E-state index contributed by atoms with van der Waals surface area (Å²) >= 11 is 5.20. The lowest BCUT2D eigenvalue weighted by Gasteiger charge is -2.12. The molecule has 0 aliphatic carbocycles. The maximum Gasteiger partial charge on any atom is 0.264 e. The monoisotopic (exact) mass is 422 g/mol. The van der Waals surface area contributed by atoms with Crippen LogP contribution in [0.3, 0.4) is 0 Å². The van der Waals surface area contributed by atoms with Gasteiger partial charge in [0.25, 0.3) is 5.91 Å². The average molecular weight is 423 g/mol. The highest BCUT2D eigenvalue weighted by Crippen LogP contribution is 2.19. The van der Waals surface area contributed by atoms with Crippen LogP contribution in [0.25, 0.3) is 0 Å². The molecule has 0 spiro atoms. The predicted octanol–water partition coefficient (Wildman–Crippen LogP) is 4.17. The molecule has 0 bridgehead atoms. The maximum absolute atomic E-state index is 12.0. The number of nitrogens with one attached hydrogen (secondary N) is 2. The molecule has 0 radical (unpaired) electrons. The summed E-state index contributed by atoms with van der Waals surface area (Å²) in [4.78, 5) is 12.0. The molecule has 30 heavy (non-hydrogen) atoms. The Balaban J connectivity index is 1.46. The van der Waals surface area contributed by atoms with Gasteiger partial charge in [0, 0.05) is 11.8 Å². The van der Waals surface area contributed by atoms with E-state index in [2.05, 4.69) is 10.6 Å². The standard InChI is InChI=1S/C23H22N2O4S/c1-27-19-12-10-17(11-13-19)15-28-21-9-5-6-18(14-21)24-23(30)25-22(26)16-29-20-7-3-2-4-8-20/h2-14H,15-16H2,1H3,(H2,24,25,26,30). The zero-order valence-electron chi connectivity index (χ0n) is 16.5. The molecule has 7 heteroatoms. The number of amides is 1. The smallest absolute Gasteiger partial charge is 0.264 e. The molecule has 0 heterocycles. The molecule has 3 aromatic rings. The molecule has 0 saturated heterocycles. The van der Waals surface area contributed by atoms with E-state index in [0.29, 0.717) is 23.8 Å². The highest BCUT2D eigenvalue weighted by molar-refractivity contribution is 7.80. The molecular weight excluding hydrogens is 400 g/mol. The number of carbonyl (C=O) groups is 1. The first-order valence-electron chi connectivity index (χ1n) is 9.27. The molecule has 1 amide bonds. The van der Waals surface area contributed by atoms with Gasteiger partial charge in [0.2, 0.25) is 0 Å². The highest BCUT2D eigenvalue weighted by atomic mass is 32.1. The number of hydrogen-bond donors (Lipinski definition) is 2. The first-order chi connectivity index (χ1) is 14.6. The first-order valence-corrected chi connectivity index (χ1v) is 9.67. The van der Waals surface area contributed by atoms with E-state index in [1.807, 2.05) is 66.7 Å². The Morgan fingerprint density at radius 2 is 1.60 bits per heavy atom. The van der Waals surface area contributed by atoms with Crippen LogP contribution in [0.1, 0.15) is 5.56 Å². The molecule has 6 nitrogen and oxygen atoms in total. The van der Waals surface area contributed by atoms with E-state index in [9.17, 15) is 4.79 Å². The SMILES string of the molecule is COc1ccc(COc2cccc(NC(=S)NC(=O)COc3ccccc3)c2)cc1. The second kappa shape index (κ2) is 10.8. The molecular formula is C23H22N2O4S. The van der Waals surface area contributed by atoms with Crippen LogP contribution in [0.4, 0.5) is 5.69 Å². The molecule has 2 N–H and O–H groups in total. The zero-order valence-corrected chi connectivity index (χ0v) is 17.3. The fraction of sp³-hybridized carbons (Fsp3) is 0.130. The van der Waals surface area contributed by atoms with Crippen molar-refractivity contribution in [1.29, 1.82) is 0 Å². The van der Waals surface area contributed by atoms with Crippen molar-refractivity contribution in [2.24, 2.45) is 0 Å². The number of thiocarbonyl (C=S) groups is 1. The van der Waals surface area contributed by atoms with Crippen molar-refractivity contribution in [3.63, 3.8) is 0 Å². The van der Waals surface area contributed by atoms with Crippen LogP contribution in [0.2, 0.25) is 0 Å². The van der Waals surface area contributed by atoms with E-state index in [4.69, 9.17) is 26.4 Å². The van der Waals surface area contributed by atoms with Crippen LogP contribution in [-0.4, -0.2) is 24.7 Å². The molecule has 3 rings (SSSR count). The van der Waals surface area contributed by atoms with Gasteiger partial charge >= 0.3 is 0 Å². The van der Waals surface area contributed by atoms with Gasteiger partial charge in [0.05, 0.1) is 7.11 Å². The van der Waals surface area contributed by atoms with E-state index < -0.39 is 0 Å². The topological polar surface area (TPSA) is 68.8 Å². The molecule has 3 aromatic carbocycles. The van der Waals surface area contributed by atoms with Gasteiger partial charge in [-0.15, -0.1) is 0 Å². The number of para-hydroxylation sites is 1. The summed E-state index contributed by atoms with van der Waals surface area (Å²) in [5.41, 5.74) is 1.73. The second-order valence-electron chi connectivity index (χ2n) is 6.27. The number of anilines is 1. The second-order valence-corrected chi connectivity index (χ2v) is 6.68. The average Bonchev–Trinajstić information content (AvgIpc) is 2.77. The lowest BCUT2D eigenvalue weighted by Crippen LogP contribution is -2.37. The van der Waals surface area contributed by atoms with Gasteiger partial charge in [-0.05, 0) is 54.2 Å². The van der Waals surface area contributed by atoms with Crippen molar-refractivity contribution in [3.05, 3.63) is 84.4 Å². The molecule has 0 saturated carbocycles. The third-order valence-electron chi connectivity index (χ3n) is 4.02. The van der Waals surface area contributed by atoms with Crippen molar-refractivity contribution in [2.45, 2.75) is 6.61 Å². The zero-order chi connectivity index (χ0) is 21.2. The van der Waals surface area contributed by atoms with Crippen LogP contribution in [0.15, 0.2) is 78.9 Å². The summed E-state index contributed by atoms with van der Waals surface area (Å²) in [5, 5.41) is 5.75. The Morgan fingerprint density at radius 3 is 2.33 bits per heavy atom. The van der Waals surface area contributed by atoms with Gasteiger partial charge in [-0.25, -0.2) is 0 Å². The lowest BCUT2D eigenvalue weighted by molar-refractivity contribution is -0.121. The van der Waals surface area contributed by atoms with Crippen molar-refractivity contribution in [1.82, 2.24) is 5.32 Å². The van der Waals surface area contributed by atoms with Gasteiger partial charge in [0.15, 0.2) is 11.7 Å². The molecule has 0 aliphatic heterocycles. The Labute approximate surface area is 180 Å². The van der Waals surface area contributed by atoms with Gasteiger partial charge in [-0.1, -0.05) is 36.4 Å². The first kappa shape index (κ1) is 21.1. The van der Waals surface area contributed by atoms with E-state index >= 15 is 0 Å². The Kier molecular flexibility index (Phi) is 7.63. The molecule has 0 unspecified atom stereocenters. The highest BCUT2D eigenvalue weighted by Gasteiger charge is 2.07. The third kappa shape index (κ3) is 6.79. The van der Waals surface area contributed by atoms with Gasteiger partial charge in [-0.2, -0.15) is 0 Å². The summed E-state index contributed by atoms with van der Waals surface area (Å²) < 4.78 is 16.4. The largest absolute Gasteiger partial charge is 0.497 e. The van der Waals surface area contributed by atoms with Crippen LogP contribution < -0.4 is 24.8 Å². The molecule has 0 atom stereocenters. The van der Waals surface area contributed by atoms with Gasteiger partial charge < -0.3 is 19.5 Å². The van der Waals surface area contributed by atoms with Crippen LogP contribution in [0.5, 0.6) is 17.2 Å². The number of benzene rings is 3. The minimum absolute atomic E-state index is 0.128. The van der Waals surface area contributed by atoms with Gasteiger partial charge in [0.1, 0.15) is 23.9 Å². The normalized spacial score (nSPS) is 10.0. The predicted molar refractivity (Wildman–Crippen MR) is 120 cm³/mol. The maximum atomic E-state index is 12.0. The Hall–Kier alpha value is -3.58. The molecule has 0 fully saturated rings. The summed E-state index contributed by atoms with van der Waals surface area (Å²) in [6.07, 6.45) is 0. The van der Waals surface area contributed by atoms with Gasteiger partial charge in [-0.3, -0.25) is 10.1 Å². The fourth-order valence-corrected chi connectivity index (χ4v) is 2.77. The molecule has 0 aliphatic rings. The van der Waals surface area contributed by atoms with Crippen LogP contribution >= 0.6 is 12.2 Å². The minimum Gasteiger partial charge on any atom is -0.497 e. The van der Waals surface area contributed by atoms with Crippen LogP contribution in [-0.2, 0) is 11.4 Å². The molecule has 154 valence electrons. The van der Waals surface area contributed by atoms with Crippen molar-refractivity contribution >= 4 is 28.9 Å². The fourth-order valence-electron chi connectivity index (χ4n) is 2.54. The number of rotatable bonds is 8. The third-order valence-corrected chi connectivity index (χ3v) is 4.23. The van der Waals surface area contributed by atoms with E-state index in [0.717, 1.165) is 11.3 Å². The quantitative estimate of drug-likeness (QED) is 0.531. The van der Waals surface area contributed by atoms with E-state index in [1.54, 1.807) is 19.2 Å². The summed E-state index contributed by atoms with van der Waals surface area (Å²) in [6.45, 7) is 0.294. The number of methoxy groups -OCH3 is 1. The van der Waals surface area contributed by atoms with E-state index in [-0.39, 0.29) is 17.6 Å². The lowest BCUT2D eigenvalue weighted by atomic mass is 10.2. The molecule has 0 aromatic heterocycles. The number of carbonyl (C=O) groups excluding carboxylic acids is 1. The van der Waals surface area contributed by atoms with Crippen molar-refractivity contribution in [3.8, 4) is 17.2 Å². The van der Waals surface area contributed by atoms with E-state index in [1.165, 1.54) is 0 Å². The summed E-state index contributed by atoms with van der Waals surface area (Å²) in [7, 11) is 1.63. The minimum atomic E-state index is -0.344. The summed E-state index contributed by atoms with van der Waals surface area (Å²) in [6, 6.07) is 24.1. The Morgan fingerprint density at radius 1 is 0.867 bits per heavy atom. The number of hydrogen-bond acceptors (Lipinski definition) is 5. The van der Waals surface area contributed by atoms with Crippen molar-refractivity contribution in [2.75, 3.05) is 19.0 Å². The van der Waals surface area contributed by atoms with Crippen LogP contribution in [0, 0.1) is 0 Å². The summed E-state index contributed by atoms with van der Waals surface area (Å²) in [5.74, 6) is 1.75. The number of ether oxygens (including phenoxy) is 3.